The van der Waals surface area contributed by atoms with Crippen LogP contribution in [0.25, 0.3) is 0 Å². The Morgan fingerprint density at radius 1 is 1.58 bits per heavy atom. The predicted octanol–water partition coefficient (Wildman–Crippen LogP) is 2.42. The fourth-order valence-corrected chi connectivity index (χ4v) is 2.01. The van der Waals surface area contributed by atoms with Crippen molar-refractivity contribution in [2.24, 2.45) is 0 Å². The van der Waals surface area contributed by atoms with E-state index in [1.54, 1.807) is 25.2 Å². The average molecular weight is 184 g/mol. The molecular formula is C9H12O2S. The van der Waals surface area contributed by atoms with Gasteiger partial charge in [0, 0.05) is 4.88 Å². The first-order valence-electron chi connectivity index (χ1n) is 3.74. The fourth-order valence-electron chi connectivity index (χ4n) is 1.15. The number of hydrogen-bond donors (Lipinski definition) is 1. The molecule has 2 nitrogen and oxygen atoms in total. The Balaban J connectivity index is 3.13. The third-order valence-corrected chi connectivity index (χ3v) is 2.91. The molecule has 1 N–H and O–H groups in total. The van der Waals surface area contributed by atoms with E-state index in [1.165, 1.54) is 0 Å². The van der Waals surface area contributed by atoms with Crippen molar-refractivity contribution in [3.63, 3.8) is 0 Å². The summed E-state index contributed by atoms with van der Waals surface area (Å²) in [5.41, 5.74) is 0.157. The molecule has 0 amide bonds. The number of carboxylic acid groups (broad SMARTS) is 1. The van der Waals surface area contributed by atoms with Crippen LogP contribution >= 0.6 is 11.3 Å². The molecule has 1 rings (SSSR count). The van der Waals surface area contributed by atoms with Crippen LogP contribution in [0.4, 0.5) is 0 Å². The van der Waals surface area contributed by atoms with Crippen LogP contribution < -0.4 is 0 Å². The Kier molecular flexibility index (Phi) is 2.24. The molecule has 3 heteroatoms. The molecule has 0 aliphatic rings. The highest BCUT2D eigenvalue weighted by atomic mass is 32.1. The van der Waals surface area contributed by atoms with Gasteiger partial charge in [-0.25, -0.2) is 0 Å². The van der Waals surface area contributed by atoms with E-state index in [0.717, 1.165) is 10.4 Å². The van der Waals surface area contributed by atoms with Gasteiger partial charge in [-0.15, -0.1) is 11.3 Å². The fraction of sp³-hybridized carbons (Fsp3) is 0.444. The highest BCUT2D eigenvalue weighted by Crippen LogP contribution is 2.29. The van der Waals surface area contributed by atoms with Gasteiger partial charge in [-0.05, 0) is 37.8 Å². The molecule has 0 aromatic carbocycles. The number of rotatable bonds is 2. The van der Waals surface area contributed by atoms with Gasteiger partial charge in [0.05, 0.1) is 5.41 Å². The third kappa shape index (κ3) is 1.37. The monoisotopic (exact) mass is 184 g/mol. The molecule has 1 heterocycles. The van der Waals surface area contributed by atoms with E-state index in [9.17, 15) is 4.79 Å². The molecule has 0 bridgehead atoms. The van der Waals surface area contributed by atoms with Crippen molar-refractivity contribution in [2.75, 3.05) is 0 Å². The minimum absolute atomic E-state index is 0.760. The van der Waals surface area contributed by atoms with Crippen LogP contribution in [-0.2, 0) is 10.2 Å². The summed E-state index contributed by atoms with van der Waals surface area (Å²) in [5.74, 6) is -0.774. The number of thiophene rings is 1. The molecule has 0 spiro atoms. The van der Waals surface area contributed by atoms with E-state index in [1.807, 2.05) is 18.4 Å². The van der Waals surface area contributed by atoms with Crippen molar-refractivity contribution in [3.8, 4) is 0 Å². The molecule has 0 saturated carbocycles. The lowest BCUT2D eigenvalue weighted by atomic mass is 9.85. The van der Waals surface area contributed by atoms with Crippen LogP contribution in [0.3, 0.4) is 0 Å². The average Bonchev–Trinajstić information content (AvgIpc) is 2.35. The highest BCUT2D eigenvalue weighted by molar-refractivity contribution is 7.10. The Morgan fingerprint density at radius 3 is 2.50 bits per heavy atom. The molecule has 12 heavy (non-hydrogen) atoms. The molecule has 0 radical (unpaired) electrons. The lowest BCUT2D eigenvalue weighted by Gasteiger charge is -2.18. The summed E-state index contributed by atoms with van der Waals surface area (Å²) in [6.07, 6.45) is 0. The number of aryl methyl sites for hydroxylation is 1. The van der Waals surface area contributed by atoms with Crippen molar-refractivity contribution in [1.29, 1.82) is 0 Å². The molecule has 1 aromatic rings. The second-order valence-electron chi connectivity index (χ2n) is 3.32. The Morgan fingerprint density at radius 2 is 2.17 bits per heavy atom. The normalized spacial score (nSPS) is 11.6. The van der Waals surface area contributed by atoms with Crippen LogP contribution in [-0.4, -0.2) is 11.1 Å². The van der Waals surface area contributed by atoms with Crippen molar-refractivity contribution >= 4 is 17.3 Å². The zero-order valence-electron chi connectivity index (χ0n) is 7.42. The van der Waals surface area contributed by atoms with Crippen LogP contribution in [0.5, 0.6) is 0 Å². The van der Waals surface area contributed by atoms with E-state index in [-0.39, 0.29) is 0 Å². The molecule has 1 aromatic heterocycles. The van der Waals surface area contributed by atoms with Crippen molar-refractivity contribution < 1.29 is 9.90 Å². The first kappa shape index (κ1) is 9.26. The smallest absolute Gasteiger partial charge is 0.313 e. The van der Waals surface area contributed by atoms with Gasteiger partial charge in [0.2, 0.25) is 0 Å². The maximum absolute atomic E-state index is 10.9. The van der Waals surface area contributed by atoms with Gasteiger partial charge >= 0.3 is 5.97 Å². The summed E-state index contributed by atoms with van der Waals surface area (Å²) < 4.78 is 0. The highest BCUT2D eigenvalue weighted by Gasteiger charge is 2.31. The van der Waals surface area contributed by atoms with Gasteiger partial charge in [-0.3, -0.25) is 4.79 Å². The molecular weight excluding hydrogens is 172 g/mol. The Labute approximate surface area is 75.9 Å². The van der Waals surface area contributed by atoms with Crippen LogP contribution in [0.1, 0.15) is 24.3 Å². The standard InChI is InChI=1S/C9H12O2S/c1-6-7(4-5-12-6)9(2,3)8(10)11/h4-5H,1-3H3,(H,10,11). The van der Waals surface area contributed by atoms with Gasteiger partial charge in [0.1, 0.15) is 0 Å². The number of hydrogen-bond acceptors (Lipinski definition) is 2. The number of carboxylic acids is 1. The molecule has 0 unspecified atom stereocenters. The van der Waals surface area contributed by atoms with Crippen LogP contribution in [0.2, 0.25) is 0 Å². The topological polar surface area (TPSA) is 37.3 Å². The minimum atomic E-state index is -0.774. The van der Waals surface area contributed by atoms with Crippen molar-refractivity contribution in [1.82, 2.24) is 0 Å². The number of carbonyl (C=O) groups is 1. The van der Waals surface area contributed by atoms with Gasteiger partial charge in [-0.1, -0.05) is 0 Å². The Bertz CT molecular complexity index is 299. The van der Waals surface area contributed by atoms with Gasteiger partial charge in [0.15, 0.2) is 0 Å². The molecule has 0 saturated heterocycles. The summed E-state index contributed by atoms with van der Waals surface area (Å²) in [5, 5.41) is 10.9. The maximum Gasteiger partial charge on any atom is 0.313 e. The quantitative estimate of drug-likeness (QED) is 0.766. The van der Waals surface area contributed by atoms with Gasteiger partial charge < -0.3 is 5.11 Å². The van der Waals surface area contributed by atoms with Gasteiger partial charge in [0.25, 0.3) is 0 Å². The Hall–Kier alpha value is -0.830. The maximum atomic E-state index is 10.9. The largest absolute Gasteiger partial charge is 0.481 e. The van der Waals surface area contributed by atoms with Gasteiger partial charge in [-0.2, -0.15) is 0 Å². The van der Waals surface area contributed by atoms with Crippen LogP contribution in [0.15, 0.2) is 11.4 Å². The van der Waals surface area contributed by atoms with E-state index >= 15 is 0 Å². The van der Waals surface area contributed by atoms with E-state index in [0.29, 0.717) is 0 Å². The lowest BCUT2D eigenvalue weighted by molar-refractivity contribution is -0.142. The van der Waals surface area contributed by atoms with Crippen LogP contribution in [0, 0.1) is 6.92 Å². The second kappa shape index (κ2) is 2.90. The van der Waals surface area contributed by atoms with Crippen molar-refractivity contribution in [2.45, 2.75) is 26.2 Å². The summed E-state index contributed by atoms with van der Waals surface area (Å²) >= 11 is 1.59. The molecule has 0 aliphatic carbocycles. The summed E-state index contributed by atoms with van der Waals surface area (Å²) in [6, 6.07) is 1.88. The zero-order chi connectivity index (χ0) is 9.35. The molecule has 0 aliphatic heterocycles. The second-order valence-corrected chi connectivity index (χ2v) is 4.44. The zero-order valence-corrected chi connectivity index (χ0v) is 8.23. The molecule has 0 fully saturated rings. The molecule has 0 atom stereocenters. The SMILES string of the molecule is Cc1sccc1C(C)(C)C(=O)O. The van der Waals surface area contributed by atoms with E-state index in [2.05, 4.69) is 0 Å². The van der Waals surface area contributed by atoms with E-state index in [4.69, 9.17) is 5.11 Å². The summed E-state index contributed by atoms with van der Waals surface area (Å²) in [7, 11) is 0. The summed E-state index contributed by atoms with van der Waals surface area (Å²) in [6.45, 7) is 5.40. The van der Waals surface area contributed by atoms with E-state index < -0.39 is 11.4 Å². The molecule has 66 valence electrons. The van der Waals surface area contributed by atoms with Crippen molar-refractivity contribution in [3.05, 3.63) is 21.9 Å². The minimum Gasteiger partial charge on any atom is -0.481 e. The first-order chi connectivity index (χ1) is 5.46. The number of aliphatic carboxylic acids is 1. The summed E-state index contributed by atoms with van der Waals surface area (Å²) in [4.78, 5) is 12.0. The lowest BCUT2D eigenvalue weighted by Crippen LogP contribution is -2.28. The third-order valence-electron chi connectivity index (χ3n) is 2.07. The first-order valence-corrected chi connectivity index (χ1v) is 4.62. The predicted molar refractivity (Wildman–Crippen MR) is 49.7 cm³/mol.